The summed E-state index contributed by atoms with van der Waals surface area (Å²) in [6.45, 7) is 2.92. The van der Waals surface area contributed by atoms with E-state index in [2.05, 4.69) is 4.90 Å². The predicted molar refractivity (Wildman–Crippen MR) is 98.5 cm³/mol. The second-order valence-electron chi connectivity index (χ2n) is 6.39. The fraction of sp³-hybridized carbons (Fsp3) is 0.300. The van der Waals surface area contributed by atoms with Crippen molar-refractivity contribution in [2.75, 3.05) is 45.0 Å². The van der Waals surface area contributed by atoms with Crippen molar-refractivity contribution in [3.63, 3.8) is 0 Å². The van der Waals surface area contributed by atoms with E-state index in [9.17, 15) is 9.59 Å². The first-order valence-electron chi connectivity index (χ1n) is 8.78. The van der Waals surface area contributed by atoms with E-state index in [1.807, 2.05) is 17.0 Å². The van der Waals surface area contributed by atoms with Crippen molar-refractivity contribution in [1.29, 1.82) is 0 Å². The number of fused-ring (bicyclic) bond motifs is 1. The molecule has 7 heteroatoms. The number of benzene rings is 2. The van der Waals surface area contributed by atoms with Crippen LogP contribution in [0.3, 0.4) is 0 Å². The number of hydrogen-bond acceptors (Lipinski definition) is 6. The van der Waals surface area contributed by atoms with E-state index in [0.29, 0.717) is 35.7 Å². The third-order valence-corrected chi connectivity index (χ3v) is 4.84. The normalized spacial score (nSPS) is 15.6. The number of ether oxygens (including phenoxy) is 3. The van der Waals surface area contributed by atoms with Crippen molar-refractivity contribution in [2.45, 2.75) is 0 Å². The molecule has 1 saturated heterocycles. The van der Waals surface area contributed by atoms with Gasteiger partial charge in [0.05, 0.1) is 12.7 Å². The lowest BCUT2D eigenvalue weighted by Crippen LogP contribution is -2.48. The van der Waals surface area contributed by atoms with Crippen LogP contribution in [0.4, 0.5) is 5.69 Å². The Morgan fingerprint density at radius 2 is 1.56 bits per heavy atom. The Morgan fingerprint density at radius 3 is 2.26 bits per heavy atom. The number of rotatable bonds is 3. The zero-order valence-electron chi connectivity index (χ0n) is 15.0. The van der Waals surface area contributed by atoms with Gasteiger partial charge in [0.2, 0.25) is 6.79 Å². The van der Waals surface area contributed by atoms with Gasteiger partial charge in [0.15, 0.2) is 11.5 Å². The molecule has 2 aromatic carbocycles. The lowest BCUT2D eigenvalue weighted by Gasteiger charge is -2.36. The van der Waals surface area contributed by atoms with Crippen LogP contribution in [0.5, 0.6) is 11.5 Å². The van der Waals surface area contributed by atoms with Crippen LogP contribution in [-0.4, -0.2) is 56.9 Å². The van der Waals surface area contributed by atoms with Gasteiger partial charge in [0, 0.05) is 37.4 Å². The molecular formula is C20H20N2O5. The summed E-state index contributed by atoms with van der Waals surface area (Å²) in [6, 6.07) is 12.6. The number of piperazine rings is 1. The van der Waals surface area contributed by atoms with Crippen LogP contribution in [0.2, 0.25) is 0 Å². The summed E-state index contributed by atoms with van der Waals surface area (Å²) in [7, 11) is 1.37. The summed E-state index contributed by atoms with van der Waals surface area (Å²) in [5, 5.41) is 0. The number of hydrogen-bond donors (Lipinski definition) is 0. The number of esters is 1. The zero-order chi connectivity index (χ0) is 18.8. The summed E-state index contributed by atoms with van der Waals surface area (Å²) in [6.07, 6.45) is 0. The third kappa shape index (κ3) is 3.40. The van der Waals surface area contributed by atoms with Crippen molar-refractivity contribution in [1.82, 2.24) is 4.90 Å². The molecule has 2 aromatic rings. The molecule has 140 valence electrons. The van der Waals surface area contributed by atoms with Gasteiger partial charge in [-0.1, -0.05) is 0 Å². The minimum Gasteiger partial charge on any atom is -0.465 e. The molecule has 0 unspecified atom stereocenters. The minimum absolute atomic E-state index is 0.00557. The first-order chi connectivity index (χ1) is 13.2. The topological polar surface area (TPSA) is 68.3 Å². The van der Waals surface area contributed by atoms with Crippen molar-refractivity contribution < 1.29 is 23.8 Å². The molecular weight excluding hydrogens is 348 g/mol. The number of carbonyl (C=O) groups excluding carboxylic acids is 2. The molecule has 2 heterocycles. The van der Waals surface area contributed by atoms with E-state index in [4.69, 9.17) is 14.2 Å². The molecule has 2 aliphatic rings. The Labute approximate surface area is 157 Å². The van der Waals surface area contributed by atoms with Crippen LogP contribution >= 0.6 is 0 Å². The average molecular weight is 368 g/mol. The molecule has 0 bridgehead atoms. The van der Waals surface area contributed by atoms with Crippen LogP contribution in [0.1, 0.15) is 20.7 Å². The number of carbonyl (C=O) groups is 2. The monoisotopic (exact) mass is 368 g/mol. The Morgan fingerprint density at radius 1 is 0.889 bits per heavy atom. The summed E-state index contributed by atoms with van der Waals surface area (Å²) in [5.74, 6) is 0.937. The fourth-order valence-corrected chi connectivity index (χ4v) is 3.31. The average Bonchev–Trinajstić information content (AvgIpc) is 3.21. The van der Waals surface area contributed by atoms with Crippen molar-refractivity contribution >= 4 is 17.6 Å². The van der Waals surface area contributed by atoms with Gasteiger partial charge in [-0.05, 0) is 42.5 Å². The van der Waals surface area contributed by atoms with Crippen molar-refractivity contribution in [3.05, 3.63) is 53.6 Å². The van der Waals surface area contributed by atoms with Gasteiger partial charge in [0.1, 0.15) is 0 Å². The van der Waals surface area contributed by atoms with Crippen molar-refractivity contribution in [3.8, 4) is 11.5 Å². The summed E-state index contributed by atoms with van der Waals surface area (Å²) < 4.78 is 15.4. The SMILES string of the molecule is COC(=O)c1ccc(N2CCN(C(=O)c3ccc4c(c3)OCO4)CC2)cc1. The highest BCUT2D eigenvalue weighted by Crippen LogP contribution is 2.33. The third-order valence-electron chi connectivity index (χ3n) is 4.84. The van der Waals surface area contributed by atoms with Gasteiger partial charge in [-0.15, -0.1) is 0 Å². The quantitative estimate of drug-likeness (QED) is 0.774. The van der Waals surface area contributed by atoms with Gasteiger partial charge in [0.25, 0.3) is 5.91 Å². The van der Waals surface area contributed by atoms with E-state index in [0.717, 1.165) is 18.8 Å². The van der Waals surface area contributed by atoms with E-state index < -0.39 is 0 Å². The predicted octanol–water partition coefficient (Wildman–Crippen LogP) is 2.16. The van der Waals surface area contributed by atoms with Crippen LogP contribution in [0.15, 0.2) is 42.5 Å². The maximum absolute atomic E-state index is 12.8. The molecule has 27 heavy (non-hydrogen) atoms. The maximum atomic E-state index is 12.8. The molecule has 0 radical (unpaired) electrons. The van der Waals surface area contributed by atoms with E-state index in [1.54, 1.807) is 30.3 Å². The smallest absolute Gasteiger partial charge is 0.337 e. The number of anilines is 1. The highest BCUT2D eigenvalue weighted by molar-refractivity contribution is 5.95. The number of nitrogens with zero attached hydrogens (tertiary/aromatic N) is 2. The van der Waals surface area contributed by atoms with Gasteiger partial charge in [-0.25, -0.2) is 4.79 Å². The highest BCUT2D eigenvalue weighted by atomic mass is 16.7. The van der Waals surface area contributed by atoms with Gasteiger partial charge >= 0.3 is 5.97 Å². The van der Waals surface area contributed by atoms with Gasteiger partial charge < -0.3 is 24.0 Å². The van der Waals surface area contributed by atoms with Gasteiger partial charge in [-0.2, -0.15) is 0 Å². The number of methoxy groups -OCH3 is 1. The second kappa shape index (κ2) is 7.19. The molecule has 0 aliphatic carbocycles. The standard InChI is InChI=1S/C20H20N2O5/c1-25-20(24)14-2-5-16(6-3-14)21-8-10-22(11-9-21)19(23)15-4-7-17-18(12-15)27-13-26-17/h2-7,12H,8-11,13H2,1H3. The Balaban J connectivity index is 1.38. The molecule has 0 N–H and O–H groups in total. The van der Waals surface area contributed by atoms with Crippen LogP contribution in [-0.2, 0) is 4.74 Å². The summed E-state index contributed by atoms with van der Waals surface area (Å²) >= 11 is 0. The van der Waals surface area contributed by atoms with Gasteiger partial charge in [-0.3, -0.25) is 4.79 Å². The highest BCUT2D eigenvalue weighted by Gasteiger charge is 2.24. The van der Waals surface area contributed by atoms with Crippen molar-refractivity contribution in [2.24, 2.45) is 0 Å². The summed E-state index contributed by atoms with van der Waals surface area (Å²) in [4.78, 5) is 28.3. The van der Waals surface area contributed by atoms with Crippen LogP contribution in [0.25, 0.3) is 0 Å². The molecule has 7 nitrogen and oxygen atoms in total. The molecule has 1 amide bonds. The molecule has 2 aliphatic heterocycles. The van der Waals surface area contributed by atoms with E-state index in [1.165, 1.54) is 7.11 Å². The Bertz CT molecular complexity index is 857. The molecule has 0 aromatic heterocycles. The first-order valence-corrected chi connectivity index (χ1v) is 8.78. The van der Waals surface area contributed by atoms with Crippen LogP contribution < -0.4 is 14.4 Å². The Kier molecular flexibility index (Phi) is 4.58. The zero-order valence-corrected chi connectivity index (χ0v) is 15.0. The lowest BCUT2D eigenvalue weighted by molar-refractivity contribution is 0.0600. The maximum Gasteiger partial charge on any atom is 0.337 e. The first kappa shape index (κ1) is 17.2. The molecule has 0 spiro atoms. The summed E-state index contributed by atoms with van der Waals surface area (Å²) in [5.41, 5.74) is 2.16. The number of amides is 1. The molecule has 0 atom stereocenters. The second-order valence-corrected chi connectivity index (χ2v) is 6.39. The fourth-order valence-electron chi connectivity index (χ4n) is 3.31. The van der Waals surface area contributed by atoms with E-state index in [-0.39, 0.29) is 18.7 Å². The molecule has 1 fully saturated rings. The minimum atomic E-state index is -0.347. The molecule has 4 rings (SSSR count). The largest absolute Gasteiger partial charge is 0.465 e. The molecule has 0 saturated carbocycles. The Hall–Kier alpha value is -3.22. The van der Waals surface area contributed by atoms with E-state index >= 15 is 0 Å². The lowest BCUT2D eigenvalue weighted by atomic mass is 10.1. The van der Waals surface area contributed by atoms with Crippen LogP contribution in [0, 0.1) is 0 Å².